The molecule has 2 N–H and O–H groups in total. The molecular weight excluding hydrogens is 224 g/mol. The Labute approximate surface area is 96.1 Å². The van der Waals surface area contributed by atoms with E-state index in [0.717, 1.165) is 10.7 Å². The van der Waals surface area contributed by atoms with Crippen molar-refractivity contribution in [2.24, 2.45) is 0 Å². The highest BCUT2D eigenvalue weighted by molar-refractivity contribution is 5.85. The predicted molar refractivity (Wildman–Crippen MR) is 59.9 cm³/mol. The van der Waals surface area contributed by atoms with Crippen LogP contribution in [0.1, 0.15) is 10.5 Å². The summed E-state index contributed by atoms with van der Waals surface area (Å²) in [5.41, 5.74) is -0.152. The average Bonchev–Trinajstić information content (AvgIpc) is 2.71. The van der Waals surface area contributed by atoms with Crippen molar-refractivity contribution in [3.05, 3.63) is 46.4 Å². The van der Waals surface area contributed by atoms with Crippen LogP contribution in [0.3, 0.4) is 0 Å². The second kappa shape index (κ2) is 4.17. The molecule has 0 aliphatic rings. The summed E-state index contributed by atoms with van der Waals surface area (Å²) >= 11 is 0. The van der Waals surface area contributed by atoms with E-state index in [1.807, 2.05) is 0 Å². The minimum atomic E-state index is -1.18. The number of hydrogen-bond acceptors (Lipinski definition) is 3. The van der Waals surface area contributed by atoms with Gasteiger partial charge in [-0.15, -0.1) is 0 Å². The summed E-state index contributed by atoms with van der Waals surface area (Å²) in [6.45, 7) is 0. The number of carboxylic acid groups (broad SMARTS) is 1. The van der Waals surface area contributed by atoms with E-state index < -0.39 is 11.5 Å². The molecule has 0 aliphatic heterocycles. The van der Waals surface area contributed by atoms with Crippen LogP contribution in [0.15, 0.2) is 35.1 Å². The molecule has 0 aliphatic carbocycles. The van der Waals surface area contributed by atoms with Gasteiger partial charge in [-0.2, -0.15) is 0 Å². The van der Waals surface area contributed by atoms with Gasteiger partial charge in [-0.05, 0) is 12.1 Å². The molecule has 0 bridgehead atoms. The zero-order valence-corrected chi connectivity index (χ0v) is 9.01. The van der Waals surface area contributed by atoms with Crippen molar-refractivity contribution in [2.45, 2.75) is 0 Å². The number of nitrogens with one attached hydrogen (secondary N) is 1. The van der Waals surface area contributed by atoms with Gasteiger partial charge < -0.3 is 9.84 Å². The van der Waals surface area contributed by atoms with Gasteiger partial charge >= 0.3 is 5.97 Å². The molecule has 0 radical (unpaired) electrons. The van der Waals surface area contributed by atoms with E-state index in [4.69, 9.17) is 9.84 Å². The second-order valence-corrected chi connectivity index (χ2v) is 3.32. The van der Waals surface area contributed by atoms with Crippen LogP contribution in [-0.4, -0.2) is 28.0 Å². The average molecular weight is 234 g/mol. The van der Waals surface area contributed by atoms with Crippen molar-refractivity contribution >= 4 is 5.97 Å². The van der Waals surface area contributed by atoms with Crippen molar-refractivity contribution in [3.8, 4) is 11.4 Å². The quantitative estimate of drug-likeness (QED) is 0.825. The highest BCUT2D eigenvalue weighted by Crippen LogP contribution is 2.19. The maximum atomic E-state index is 11.6. The number of H-pyrrole nitrogens is 1. The van der Waals surface area contributed by atoms with E-state index in [1.54, 1.807) is 24.3 Å². The molecule has 0 spiro atoms. The molecule has 2 aromatic rings. The summed E-state index contributed by atoms with van der Waals surface area (Å²) in [7, 11) is 1.48. The largest absolute Gasteiger partial charge is 0.494 e. The SMILES string of the molecule is COc1ccccc1-n1[nH]c(C(=O)O)cc1=O. The first-order valence-corrected chi connectivity index (χ1v) is 4.82. The van der Waals surface area contributed by atoms with Gasteiger partial charge in [-0.25, -0.2) is 9.48 Å². The van der Waals surface area contributed by atoms with E-state index in [-0.39, 0.29) is 5.69 Å². The highest BCUT2D eigenvalue weighted by Gasteiger charge is 2.12. The number of aromatic nitrogens is 2. The summed E-state index contributed by atoms with van der Waals surface area (Å²) in [6, 6.07) is 7.85. The van der Waals surface area contributed by atoms with Gasteiger partial charge in [0.15, 0.2) is 0 Å². The number of benzene rings is 1. The van der Waals surface area contributed by atoms with Gasteiger partial charge in [0.05, 0.1) is 7.11 Å². The normalized spacial score (nSPS) is 10.2. The summed E-state index contributed by atoms with van der Waals surface area (Å²) < 4.78 is 6.22. The third kappa shape index (κ3) is 1.92. The first-order chi connectivity index (χ1) is 8.13. The van der Waals surface area contributed by atoms with E-state index >= 15 is 0 Å². The first-order valence-electron chi connectivity index (χ1n) is 4.82. The highest BCUT2D eigenvalue weighted by atomic mass is 16.5. The minimum Gasteiger partial charge on any atom is -0.494 e. The molecule has 6 heteroatoms. The van der Waals surface area contributed by atoms with Crippen LogP contribution < -0.4 is 10.3 Å². The number of methoxy groups -OCH3 is 1. The summed E-state index contributed by atoms with van der Waals surface area (Å²) in [4.78, 5) is 22.4. The third-order valence-corrected chi connectivity index (χ3v) is 2.28. The maximum absolute atomic E-state index is 11.6. The Morgan fingerprint density at radius 2 is 2.12 bits per heavy atom. The molecule has 0 saturated heterocycles. The van der Waals surface area contributed by atoms with Gasteiger partial charge in [-0.3, -0.25) is 9.89 Å². The topological polar surface area (TPSA) is 84.3 Å². The minimum absolute atomic E-state index is 0.166. The lowest BCUT2D eigenvalue weighted by molar-refractivity contribution is 0.0690. The molecule has 1 aromatic heterocycles. The molecule has 2 rings (SSSR count). The molecule has 0 unspecified atom stereocenters. The predicted octanol–water partition coefficient (Wildman–Crippen LogP) is 0.872. The van der Waals surface area contributed by atoms with E-state index in [9.17, 15) is 9.59 Å². The van der Waals surface area contributed by atoms with Crippen molar-refractivity contribution in [1.29, 1.82) is 0 Å². The van der Waals surface area contributed by atoms with E-state index in [2.05, 4.69) is 5.10 Å². The molecule has 0 amide bonds. The van der Waals surface area contributed by atoms with Gasteiger partial charge in [0.1, 0.15) is 17.1 Å². The monoisotopic (exact) mass is 234 g/mol. The number of carbonyl (C=O) groups is 1. The van der Waals surface area contributed by atoms with Gasteiger partial charge in [-0.1, -0.05) is 12.1 Å². The van der Waals surface area contributed by atoms with Crippen LogP contribution >= 0.6 is 0 Å². The Balaban J connectivity index is 2.60. The maximum Gasteiger partial charge on any atom is 0.353 e. The Morgan fingerprint density at radius 1 is 1.41 bits per heavy atom. The van der Waals surface area contributed by atoms with Crippen molar-refractivity contribution < 1.29 is 14.6 Å². The van der Waals surface area contributed by atoms with Crippen LogP contribution in [0, 0.1) is 0 Å². The van der Waals surface area contributed by atoms with E-state index in [0.29, 0.717) is 11.4 Å². The summed E-state index contributed by atoms with van der Waals surface area (Å²) in [6.07, 6.45) is 0. The number of carboxylic acids is 1. The Hall–Kier alpha value is -2.50. The fourth-order valence-electron chi connectivity index (χ4n) is 1.50. The zero-order valence-electron chi connectivity index (χ0n) is 9.01. The fourth-order valence-corrected chi connectivity index (χ4v) is 1.50. The molecule has 0 fully saturated rings. The third-order valence-electron chi connectivity index (χ3n) is 2.28. The number of ether oxygens (including phenoxy) is 1. The second-order valence-electron chi connectivity index (χ2n) is 3.32. The summed E-state index contributed by atoms with van der Waals surface area (Å²) in [5, 5.41) is 11.3. The Bertz CT molecular complexity index is 612. The summed E-state index contributed by atoms with van der Waals surface area (Å²) in [5.74, 6) is -0.705. The lowest BCUT2D eigenvalue weighted by Crippen LogP contribution is -2.14. The Kier molecular flexibility index (Phi) is 2.70. The van der Waals surface area contributed by atoms with Crippen LogP contribution in [0.25, 0.3) is 5.69 Å². The Morgan fingerprint density at radius 3 is 2.71 bits per heavy atom. The molecule has 6 nitrogen and oxygen atoms in total. The van der Waals surface area contributed by atoms with E-state index in [1.165, 1.54) is 7.11 Å². The number of para-hydroxylation sites is 2. The lowest BCUT2D eigenvalue weighted by atomic mass is 10.3. The number of hydrogen-bond donors (Lipinski definition) is 2. The van der Waals surface area contributed by atoms with Gasteiger partial charge in [0.25, 0.3) is 5.56 Å². The van der Waals surface area contributed by atoms with Gasteiger partial charge in [0, 0.05) is 6.07 Å². The fraction of sp³-hybridized carbons (Fsp3) is 0.0909. The molecule has 0 saturated carbocycles. The molecule has 88 valence electrons. The number of nitrogens with zero attached hydrogens (tertiary/aromatic N) is 1. The lowest BCUT2D eigenvalue weighted by Gasteiger charge is -2.07. The smallest absolute Gasteiger partial charge is 0.353 e. The van der Waals surface area contributed by atoms with Crippen molar-refractivity contribution in [3.63, 3.8) is 0 Å². The van der Waals surface area contributed by atoms with Crippen molar-refractivity contribution in [2.75, 3.05) is 7.11 Å². The van der Waals surface area contributed by atoms with Crippen molar-refractivity contribution in [1.82, 2.24) is 9.78 Å². The van der Waals surface area contributed by atoms with Gasteiger partial charge in [0.2, 0.25) is 0 Å². The number of rotatable bonds is 3. The molecule has 17 heavy (non-hydrogen) atoms. The van der Waals surface area contributed by atoms with Crippen LogP contribution in [0.4, 0.5) is 0 Å². The number of aromatic amines is 1. The molecule has 0 atom stereocenters. The zero-order chi connectivity index (χ0) is 12.4. The molecule has 1 aromatic carbocycles. The van der Waals surface area contributed by atoms with Crippen LogP contribution in [-0.2, 0) is 0 Å². The molecular formula is C11H10N2O4. The first kappa shape index (κ1) is 11.0. The molecule has 1 heterocycles. The standard InChI is InChI=1S/C11H10N2O4/c1-17-9-5-3-2-4-8(9)13-10(14)6-7(12-13)11(15)16/h2-6,12H,1H3,(H,15,16). The van der Waals surface area contributed by atoms with Crippen LogP contribution in [0.5, 0.6) is 5.75 Å². The van der Waals surface area contributed by atoms with Crippen LogP contribution in [0.2, 0.25) is 0 Å². The number of aromatic carboxylic acids is 1.